The monoisotopic (exact) mass is 655 g/mol. The van der Waals surface area contributed by atoms with Gasteiger partial charge in [0, 0.05) is 56.2 Å². The Kier molecular flexibility index (Phi) is 9.06. The maximum absolute atomic E-state index is 13.7. The highest BCUT2D eigenvalue weighted by atomic mass is 19.4. The molecule has 0 atom stereocenters. The zero-order valence-corrected chi connectivity index (χ0v) is 26.2. The van der Waals surface area contributed by atoms with Crippen molar-refractivity contribution in [3.8, 4) is 28.6 Å². The molecule has 0 saturated heterocycles. The largest absolute Gasteiger partial charge is 0.435 e. The molecule has 2 N–H and O–H groups in total. The van der Waals surface area contributed by atoms with E-state index in [1.165, 1.54) is 13.2 Å². The summed E-state index contributed by atoms with van der Waals surface area (Å²) in [6.07, 6.45) is 4.63. The quantitative estimate of drug-likeness (QED) is 0.217. The lowest BCUT2D eigenvalue weighted by Gasteiger charge is -2.36. The average molecular weight is 656 g/mol. The van der Waals surface area contributed by atoms with Crippen molar-refractivity contribution in [2.75, 3.05) is 10.2 Å². The van der Waals surface area contributed by atoms with Crippen LogP contribution in [0.2, 0.25) is 0 Å². The maximum atomic E-state index is 13.7. The minimum absolute atomic E-state index is 0.0279. The van der Waals surface area contributed by atoms with Crippen molar-refractivity contribution < 1.29 is 18.0 Å². The summed E-state index contributed by atoms with van der Waals surface area (Å²) in [5, 5.41) is 23.7. The molecule has 1 aliphatic rings. The molecule has 0 aliphatic heterocycles. The van der Waals surface area contributed by atoms with E-state index >= 15 is 0 Å². The van der Waals surface area contributed by atoms with Crippen molar-refractivity contribution in [3.05, 3.63) is 90.1 Å². The molecular weight excluding hydrogens is 623 g/mol. The fourth-order valence-electron chi connectivity index (χ4n) is 5.80. The summed E-state index contributed by atoms with van der Waals surface area (Å²) in [6.45, 7) is 0.361. The first kappa shape index (κ1) is 32.2. The number of carbonyl (C=O) groups excluding carboxylic acids is 1. The number of nitriles is 1. The Morgan fingerprint density at radius 3 is 2.42 bits per heavy atom. The number of amides is 2. The molecule has 1 aromatic carbocycles. The number of hydrogen-bond donors (Lipinski definition) is 2. The van der Waals surface area contributed by atoms with Gasteiger partial charge in [-0.3, -0.25) is 14.3 Å². The Bertz CT molecular complexity index is 1920. The summed E-state index contributed by atoms with van der Waals surface area (Å²) < 4.78 is 42.7. The van der Waals surface area contributed by atoms with Gasteiger partial charge in [-0.05, 0) is 49.4 Å². The molecule has 246 valence electrons. The number of alkyl halides is 3. The van der Waals surface area contributed by atoms with E-state index in [2.05, 4.69) is 35.8 Å². The van der Waals surface area contributed by atoms with E-state index in [-0.39, 0.29) is 41.0 Å². The number of nitrogens with one attached hydrogen (secondary N) is 2. The minimum atomic E-state index is -4.64. The number of anilines is 2. The molecule has 0 radical (unpaired) electrons. The normalized spacial score (nSPS) is 16.2. The fourth-order valence-corrected chi connectivity index (χ4v) is 5.80. The summed E-state index contributed by atoms with van der Waals surface area (Å²) in [7, 11) is 3.21. The van der Waals surface area contributed by atoms with Crippen LogP contribution in [-0.4, -0.2) is 52.6 Å². The van der Waals surface area contributed by atoms with E-state index in [0.29, 0.717) is 38.0 Å². The van der Waals surface area contributed by atoms with Crippen LogP contribution in [-0.2, 0) is 26.8 Å². The van der Waals surface area contributed by atoms with Crippen molar-refractivity contribution >= 4 is 17.8 Å². The molecule has 1 aliphatic carbocycles. The van der Waals surface area contributed by atoms with Crippen LogP contribution in [0.3, 0.4) is 0 Å². The van der Waals surface area contributed by atoms with Crippen molar-refractivity contribution in [1.82, 2.24) is 39.8 Å². The first-order valence-electron chi connectivity index (χ1n) is 15.3. The fraction of sp³-hybridized carbons (Fsp3) is 0.303. The van der Waals surface area contributed by atoms with Crippen molar-refractivity contribution in [2.24, 2.45) is 14.1 Å². The van der Waals surface area contributed by atoms with E-state index in [9.17, 15) is 23.2 Å². The van der Waals surface area contributed by atoms with Crippen LogP contribution in [0, 0.1) is 11.3 Å². The minimum Gasteiger partial charge on any atom is -0.351 e. The zero-order chi connectivity index (χ0) is 33.8. The molecule has 4 aromatic heterocycles. The van der Waals surface area contributed by atoms with Crippen molar-refractivity contribution in [1.29, 1.82) is 5.26 Å². The molecule has 6 rings (SSSR count). The predicted molar refractivity (Wildman–Crippen MR) is 171 cm³/mol. The predicted octanol–water partition coefficient (Wildman–Crippen LogP) is 5.70. The molecule has 0 unspecified atom stereocenters. The van der Waals surface area contributed by atoms with Crippen LogP contribution in [0.25, 0.3) is 22.5 Å². The highest BCUT2D eigenvalue weighted by molar-refractivity contribution is 5.91. The van der Waals surface area contributed by atoms with Gasteiger partial charge in [-0.1, -0.05) is 30.3 Å². The Hall–Kier alpha value is -5.78. The number of pyridine rings is 1. The second-order valence-corrected chi connectivity index (χ2v) is 11.6. The van der Waals surface area contributed by atoms with Gasteiger partial charge in [0.05, 0.1) is 23.7 Å². The smallest absolute Gasteiger partial charge is 0.351 e. The van der Waals surface area contributed by atoms with E-state index in [1.54, 1.807) is 22.0 Å². The van der Waals surface area contributed by atoms with Crippen LogP contribution in [0.4, 0.5) is 29.7 Å². The number of carbonyl (C=O) groups is 1. The van der Waals surface area contributed by atoms with E-state index in [1.807, 2.05) is 61.8 Å². The summed E-state index contributed by atoms with van der Waals surface area (Å²) in [5.41, 5.74) is 1.83. The lowest BCUT2D eigenvalue weighted by Crippen LogP contribution is -2.49. The Balaban J connectivity index is 1.18. The third kappa shape index (κ3) is 7.12. The number of benzene rings is 1. The van der Waals surface area contributed by atoms with Gasteiger partial charge in [-0.2, -0.15) is 28.6 Å². The van der Waals surface area contributed by atoms with Gasteiger partial charge in [0.1, 0.15) is 17.6 Å². The van der Waals surface area contributed by atoms with E-state index < -0.39 is 11.9 Å². The molecule has 15 heteroatoms. The highest BCUT2D eigenvalue weighted by Gasteiger charge is 2.35. The van der Waals surface area contributed by atoms with Gasteiger partial charge in [0.25, 0.3) is 0 Å². The molecule has 2 amide bonds. The average Bonchev–Trinajstić information content (AvgIpc) is 3.71. The number of hydrogen-bond acceptors (Lipinski definition) is 8. The van der Waals surface area contributed by atoms with Gasteiger partial charge >= 0.3 is 12.2 Å². The molecule has 1 saturated carbocycles. The second-order valence-electron chi connectivity index (χ2n) is 11.6. The number of halogens is 3. The van der Waals surface area contributed by atoms with Crippen molar-refractivity contribution in [3.63, 3.8) is 0 Å². The molecule has 0 bridgehead atoms. The van der Waals surface area contributed by atoms with Crippen molar-refractivity contribution in [2.45, 2.75) is 50.5 Å². The lowest BCUT2D eigenvalue weighted by atomic mass is 9.90. The van der Waals surface area contributed by atoms with Crippen LogP contribution in [0.5, 0.6) is 0 Å². The molecule has 5 aromatic rings. The van der Waals surface area contributed by atoms with Gasteiger partial charge in [0.15, 0.2) is 5.69 Å². The van der Waals surface area contributed by atoms with Gasteiger partial charge < -0.3 is 10.6 Å². The van der Waals surface area contributed by atoms with Gasteiger partial charge in [0.2, 0.25) is 5.95 Å². The molecule has 48 heavy (non-hydrogen) atoms. The standard InChI is InChI=1S/C33H32F3N11O/c1-45-20-24(19-41-45)22-8-13-29(38-17-22)47(32(48)40-16-21-6-4-3-5-7-21)26-11-9-25(10-12-26)42-31-39-18-23(15-37)30(43-31)27-14-28(33(34,35)36)44-46(27)2/h3-8,13-14,17-20,25-26H,9-12,16H2,1-2H3,(H,40,48)(H,39,42,43). The molecular formula is C33H32F3N11O. The Labute approximate surface area is 274 Å². The van der Waals surface area contributed by atoms with E-state index in [0.717, 1.165) is 27.4 Å². The van der Waals surface area contributed by atoms with Crippen LogP contribution >= 0.6 is 0 Å². The molecule has 1 fully saturated rings. The van der Waals surface area contributed by atoms with Gasteiger partial charge in [-0.15, -0.1) is 0 Å². The summed E-state index contributed by atoms with van der Waals surface area (Å²) >= 11 is 0. The van der Waals surface area contributed by atoms with Crippen LogP contribution in [0.1, 0.15) is 42.5 Å². The first-order valence-corrected chi connectivity index (χ1v) is 15.3. The first-order chi connectivity index (χ1) is 23.1. The number of aryl methyl sites for hydroxylation is 2. The van der Waals surface area contributed by atoms with Gasteiger partial charge in [-0.25, -0.2) is 19.7 Å². The number of urea groups is 1. The Morgan fingerprint density at radius 2 is 1.79 bits per heavy atom. The van der Waals surface area contributed by atoms with Crippen LogP contribution in [0.15, 0.2) is 73.3 Å². The maximum Gasteiger partial charge on any atom is 0.435 e. The number of rotatable bonds is 8. The second kappa shape index (κ2) is 13.5. The number of nitrogens with zero attached hydrogens (tertiary/aromatic N) is 9. The van der Waals surface area contributed by atoms with Crippen LogP contribution < -0.4 is 15.5 Å². The third-order valence-corrected chi connectivity index (χ3v) is 8.26. The topological polar surface area (TPSA) is 142 Å². The SMILES string of the molecule is Cn1cc(-c2ccc(N(C(=O)NCc3ccccc3)C3CCC(Nc4ncc(C#N)c(-c5cc(C(F)(F)F)nn5C)n4)CC3)nc2)cn1. The zero-order valence-electron chi connectivity index (χ0n) is 26.2. The third-order valence-electron chi connectivity index (χ3n) is 8.26. The summed E-state index contributed by atoms with van der Waals surface area (Å²) in [5.74, 6) is 0.714. The number of aromatic nitrogens is 7. The van der Waals surface area contributed by atoms with E-state index in [4.69, 9.17) is 0 Å². The summed E-state index contributed by atoms with van der Waals surface area (Å²) in [6, 6.07) is 15.7. The molecule has 12 nitrogen and oxygen atoms in total. The summed E-state index contributed by atoms with van der Waals surface area (Å²) in [4.78, 5) is 28.7. The molecule has 0 spiro atoms. The molecule has 4 heterocycles. The lowest BCUT2D eigenvalue weighted by molar-refractivity contribution is -0.141. The Morgan fingerprint density at radius 1 is 1.02 bits per heavy atom. The highest BCUT2D eigenvalue weighted by Crippen LogP contribution is 2.33.